The molecule has 2 saturated heterocycles. The van der Waals surface area contributed by atoms with Crippen molar-refractivity contribution in [3.63, 3.8) is 0 Å². The maximum atomic E-state index is 10.3. The summed E-state index contributed by atoms with van der Waals surface area (Å²) in [5.41, 5.74) is -0.763. The fourth-order valence-electron chi connectivity index (χ4n) is 4.91. The number of likely N-dealkylation sites (tertiary alicyclic amines) is 1. The number of methoxy groups -OCH3 is 1. The summed E-state index contributed by atoms with van der Waals surface area (Å²) in [7, 11) is 4.13. The Balaban J connectivity index is 1.85. The molecule has 116 valence electrons. The minimum Gasteiger partial charge on any atom is -0.388 e. The van der Waals surface area contributed by atoms with Gasteiger partial charge in [-0.2, -0.15) is 0 Å². The van der Waals surface area contributed by atoms with Crippen molar-refractivity contribution < 1.29 is 19.5 Å². The minimum absolute atomic E-state index is 0.0646. The van der Waals surface area contributed by atoms with Crippen LogP contribution in [-0.2, 0) is 9.47 Å². The van der Waals surface area contributed by atoms with Gasteiger partial charge in [-0.05, 0) is 39.5 Å². The second-order valence-corrected chi connectivity index (χ2v) is 7.60. The summed E-state index contributed by atoms with van der Waals surface area (Å²) in [5, 5.41) is 10.3. The molecule has 0 aromatic heterocycles. The third-order valence-electron chi connectivity index (χ3n) is 5.94. The normalized spacial score (nSPS) is 48.8. The second kappa shape index (κ2) is 5.24. The molecule has 2 N–H and O–H groups in total. The van der Waals surface area contributed by atoms with Crippen molar-refractivity contribution in [2.24, 2.45) is 11.8 Å². The minimum atomic E-state index is -0.763. The molecule has 0 radical (unpaired) electrons. The van der Waals surface area contributed by atoms with Gasteiger partial charge in [0.15, 0.2) is 6.23 Å². The van der Waals surface area contributed by atoms with Gasteiger partial charge in [-0.1, -0.05) is 6.42 Å². The van der Waals surface area contributed by atoms with Crippen molar-refractivity contribution in [3.05, 3.63) is 0 Å². The molecule has 1 aliphatic carbocycles. The molecule has 6 unspecified atom stereocenters. The summed E-state index contributed by atoms with van der Waals surface area (Å²) < 4.78 is 12.2. The van der Waals surface area contributed by atoms with E-state index in [9.17, 15) is 5.11 Å². The van der Waals surface area contributed by atoms with Crippen LogP contribution in [0.4, 0.5) is 0 Å². The lowest BCUT2D eigenvalue weighted by atomic mass is 9.71. The molecule has 4 heteroatoms. The molecule has 7 atom stereocenters. The number of quaternary nitrogens is 1. The van der Waals surface area contributed by atoms with Crippen molar-refractivity contribution in [2.75, 3.05) is 14.2 Å². The molecule has 0 aromatic rings. The second-order valence-electron chi connectivity index (χ2n) is 7.60. The zero-order valence-electron chi connectivity index (χ0n) is 13.3. The first-order valence-electron chi connectivity index (χ1n) is 8.17. The fraction of sp³-hybridized carbons (Fsp3) is 1.00. The van der Waals surface area contributed by atoms with Crippen molar-refractivity contribution in [1.29, 1.82) is 0 Å². The van der Waals surface area contributed by atoms with Crippen LogP contribution < -0.4 is 4.90 Å². The van der Waals surface area contributed by atoms with E-state index in [-0.39, 0.29) is 12.3 Å². The molecule has 0 bridgehead atoms. The van der Waals surface area contributed by atoms with E-state index in [1.165, 1.54) is 30.6 Å². The van der Waals surface area contributed by atoms with Crippen LogP contribution in [-0.4, -0.2) is 49.3 Å². The molecule has 0 amide bonds. The van der Waals surface area contributed by atoms with E-state index >= 15 is 0 Å². The molecule has 1 saturated carbocycles. The molecule has 3 aliphatic rings. The third-order valence-corrected chi connectivity index (χ3v) is 5.94. The van der Waals surface area contributed by atoms with Gasteiger partial charge < -0.3 is 19.5 Å². The topological polar surface area (TPSA) is 43.1 Å². The number of hydrogen-bond donors (Lipinski definition) is 2. The average molecular weight is 284 g/mol. The van der Waals surface area contributed by atoms with Crippen molar-refractivity contribution in [1.82, 2.24) is 0 Å². The lowest BCUT2D eigenvalue weighted by molar-refractivity contribution is -0.968. The Morgan fingerprint density at radius 3 is 2.55 bits per heavy atom. The number of piperidine rings is 1. The first-order valence-corrected chi connectivity index (χ1v) is 8.17. The SMILES string of the molecule is COC1C2CCCCC2[NH+](C)C2O[C@@H](C(C)(C)O)CC12. The zero-order valence-corrected chi connectivity index (χ0v) is 13.3. The number of ether oxygens (including phenoxy) is 2. The number of hydrogen-bond acceptors (Lipinski definition) is 3. The predicted molar refractivity (Wildman–Crippen MR) is 76.5 cm³/mol. The Morgan fingerprint density at radius 2 is 1.90 bits per heavy atom. The van der Waals surface area contributed by atoms with E-state index in [0.717, 1.165) is 6.42 Å². The van der Waals surface area contributed by atoms with Crippen LogP contribution in [0.5, 0.6) is 0 Å². The summed E-state index contributed by atoms with van der Waals surface area (Å²) in [6.45, 7) is 3.72. The van der Waals surface area contributed by atoms with E-state index in [1.807, 2.05) is 21.0 Å². The molecular weight excluding hydrogens is 254 g/mol. The highest BCUT2D eigenvalue weighted by Gasteiger charge is 2.58. The van der Waals surface area contributed by atoms with Gasteiger partial charge in [-0.3, -0.25) is 0 Å². The highest BCUT2D eigenvalue weighted by Crippen LogP contribution is 2.41. The number of aliphatic hydroxyl groups is 1. The van der Waals surface area contributed by atoms with E-state index in [1.54, 1.807) is 0 Å². The number of fused-ring (bicyclic) bond motifs is 2. The molecule has 3 fully saturated rings. The van der Waals surface area contributed by atoms with Crippen LogP contribution in [0.2, 0.25) is 0 Å². The van der Waals surface area contributed by atoms with Gasteiger partial charge in [-0.25, -0.2) is 0 Å². The highest BCUT2D eigenvalue weighted by molar-refractivity contribution is 4.97. The third kappa shape index (κ3) is 2.31. The zero-order chi connectivity index (χ0) is 14.5. The number of nitrogens with one attached hydrogen (secondary N) is 1. The predicted octanol–water partition coefficient (Wildman–Crippen LogP) is 0.591. The fourth-order valence-corrected chi connectivity index (χ4v) is 4.91. The Bertz CT molecular complexity index is 354. The Kier molecular flexibility index (Phi) is 3.87. The molecule has 4 nitrogen and oxygen atoms in total. The summed E-state index contributed by atoms with van der Waals surface area (Å²) in [6, 6.07) is 0.663. The van der Waals surface area contributed by atoms with Crippen LogP contribution in [0, 0.1) is 11.8 Å². The molecule has 20 heavy (non-hydrogen) atoms. The molecule has 3 rings (SSSR count). The van der Waals surface area contributed by atoms with Gasteiger partial charge in [0.25, 0.3) is 0 Å². The van der Waals surface area contributed by atoms with Gasteiger partial charge in [0, 0.05) is 13.0 Å². The van der Waals surface area contributed by atoms with E-state index < -0.39 is 5.60 Å². The first-order chi connectivity index (χ1) is 9.43. The van der Waals surface area contributed by atoms with E-state index in [2.05, 4.69) is 7.05 Å². The average Bonchev–Trinajstić information content (AvgIpc) is 2.85. The van der Waals surface area contributed by atoms with E-state index in [4.69, 9.17) is 9.47 Å². The van der Waals surface area contributed by atoms with Gasteiger partial charge in [0.1, 0.15) is 0 Å². The van der Waals surface area contributed by atoms with Gasteiger partial charge >= 0.3 is 0 Å². The maximum absolute atomic E-state index is 10.3. The van der Waals surface area contributed by atoms with Crippen LogP contribution in [0.3, 0.4) is 0 Å². The van der Waals surface area contributed by atoms with Crippen LogP contribution in [0.25, 0.3) is 0 Å². The van der Waals surface area contributed by atoms with Crippen molar-refractivity contribution >= 4 is 0 Å². The van der Waals surface area contributed by atoms with Gasteiger partial charge in [0.05, 0.1) is 36.8 Å². The van der Waals surface area contributed by atoms with Crippen molar-refractivity contribution in [3.8, 4) is 0 Å². The molecule has 0 aromatic carbocycles. The summed E-state index contributed by atoms with van der Waals surface area (Å²) >= 11 is 0. The van der Waals surface area contributed by atoms with Gasteiger partial charge in [0.2, 0.25) is 0 Å². The Labute approximate surface area is 122 Å². The molecular formula is C16H30NO3+. The summed E-state index contributed by atoms with van der Waals surface area (Å²) in [4.78, 5) is 1.51. The van der Waals surface area contributed by atoms with E-state index in [0.29, 0.717) is 24.0 Å². The highest BCUT2D eigenvalue weighted by atomic mass is 16.5. The van der Waals surface area contributed by atoms with Crippen LogP contribution >= 0.6 is 0 Å². The lowest BCUT2D eigenvalue weighted by Gasteiger charge is -2.48. The number of rotatable bonds is 2. The summed E-state index contributed by atoms with van der Waals surface area (Å²) in [6.07, 6.45) is 6.60. The molecule has 0 spiro atoms. The van der Waals surface area contributed by atoms with Gasteiger partial charge in [-0.15, -0.1) is 0 Å². The standard InChI is InChI=1S/C16H29NO3/c1-16(2,18)13-9-11-14(19-4)10-7-5-6-8-12(10)17(3)15(11)20-13/h10-15,18H,5-9H2,1-4H3/p+1/t10?,11?,12?,13-,14?,15?/m1/s1. The van der Waals surface area contributed by atoms with Crippen LogP contribution in [0.1, 0.15) is 46.0 Å². The summed E-state index contributed by atoms with van der Waals surface area (Å²) in [5.74, 6) is 1.09. The smallest absolute Gasteiger partial charge is 0.197 e. The Hall–Kier alpha value is -0.160. The van der Waals surface area contributed by atoms with Crippen LogP contribution in [0.15, 0.2) is 0 Å². The molecule has 2 aliphatic heterocycles. The first kappa shape index (κ1) is 14.8. The van der Waals surface area contributed by atoms with Crippen molar-refractivity contribution in [2.45, 2.75) is 76.0 Å². The molecule has 2 heterocycles. The quantitative estimate of drug-likeness (QED) is 0.780. The Morgan fingerprint density at radius 1 is 1.20 bits per heavy atom. The lowest BCUT2D eigenvalue weighted by Crippen LogP contribution is -3.20. The largest absolute Gasteiger partial charge is 0.388 e. The monoisotopic (exact) mass is 284 g/mol. The maximum Gasteiger partial charge on any atom is 0.197 e.